The van der Waals surface area contributed by atoms with Gasteiger partial charge >= 0.3 is 0 Å². The number of carbonyl (C=O) groups is 1. The first kappa shape index (κ1) is 16.7. The normalized spacial score (nSPS) is 37.0. The minimum Gasteiger partial charge on any atom is -0.388 e. The van der Waals surface area contributed by atoms with Crippen LogP contribution in [0.1, 0.15) is 76.2 Å². The highest BCUT2D eigenvalue weighted by Crippen LogP contribution is 2.58. The van der Waals surface area contributed by atoms with E-state index in [1.54, 1.807) is 13.8 Å². The second-order valence-electron chi connectivity index (χ2n) is 8.56. The van der Waals surface area contributed by atoms with E-state index in [-0.39, 0.29) is 16.7 Å². The third-order valence-electron chi connectivity index (χ3n) is 6.44. The van der Waals surface area contributed by atoms with Gasteiger partial charge in [0.15, 0.2) is 0 Å². The molecule has 3 rings (SSSR count). The molecule has 0 heterocycles. The second kappa shape index (κ2) is 5.15. The number of benzene rings is 1. The largest absolute Gasteiger partial charge is 0.388 e. The SMILES string of the molecule is CC(C)(O)c1ccc2c(c1)[C@H](O)C[C@H]1[C@](C)(C=O)CCC[C@]21C. The fraction of sp³-hybridized carbons (Fsp3) is 0.650. The first-order chi connectivity index (χ1) is 10.6. The Balaban J connectivity index is 2.14. The maximum absolute atomic E-state index is 11.8. The predicted octanol–water partition coefficient (Wildman–Crippen LogP) is 3.61. The summed E-state index contributed by atoms with van der Waals surface area (Å²) in [5.41, 5.74) is 1.55. The number of carbonyl (C=O) groups excluding carboxylic acids is 1. The van der Waals surface area contributed by atoms with Crippen molar-refractivity contribution in [1.29, 1.82) is 0 Å². The number of rotatable bonds is 2. The maximum atomic E-state index is 11.8. The fourth-order valence-electron chi connectivity index (χ4n) is 4.99. The van der Waals surface area contributed by atoms with Crippen molar-refractivity contribution in [2.24, 2.45) is 11.3 Å². The standard InChI is InChI=1S/C20H28O3/c1-18(2,23)13-6-7-15-14(10-13)16(22)11-17-19(3,12-21)8-5-9-20(15,17)4/h6-7,10,12,16-17,22-23H,5,8-9,11H2,1-4H3/t16-,17+,19+,20-/m1/s1. The summed E-state index contributed by atoms with van der Waals surface area (Å²) in [5.74, 6) is 0.164. The van der Waals surface area contributed by atoms with E-state index >= 15 is 0 Å². The highest BCUT2D eigenvalue weighted by atomic mass is 16.3. The molecule has 2 aliphatic carbocycles. The summed E-state index contributed by atoms with van der Waals surface area (Å²) in [6.45, 7) is 7.81. The zero-order chi connectivity index (χ0) is 17.0. The van der Waals surface area contributed by atoms with Crippen molar-refractivity contribution >= 4 is 6.29 Å². The quantitative estimate of drug-likeness (QED) is 0.819. The fourth-order valence-corrected chi connectivity index (χ4v) is 4.99. The molecular weight excluding hydrogens is 288 g/mol. The van der Waals surface area contributed by atoms with E-state index in [0.717, 1.165) is 42.2 Å². The summed E-state index contributed by atoms with van der Waals surface area (Å²) in [7, 11) is 0. The molecule has 0 bridgehead atoms. The highest BCUT2D eigenvalue weighted by molar-refractivity contribution is 5.61. The molecule has 23 heavy (non-hydrogen) atoms. The molecular formula is C20H28O3. The molecule has 0 aliphatic heterocycles. The molecule has 0 unspecified atom stereocenters. The number of aliphatic hydroxyl groups is 2. The number of fused-ring (bicyclic) bond motifs is 3. The van der Waals surface area contributed by atoms with E-state index in [0.29, 0.717) is 6.42 Å². The van der Waals surface area contributed by atoms with Crippen molar-refractivity contribution in [3.05, 3.63) is 34.9 Å². The zero-order valence-electron chi connectivity index (χ0n) is 14.6. The Bertz CT molecular complexity index is 630. The van der Waals surface area contributed by atoms with Crippen LogP contribution < -0.4 is 0 Å². The molecule has 126 valence electrons. The predicted molar refractivity (Wildman–Crippen MR) is 90.1 cm³/mol. The Kier molecular flexibility index (Phi) is 3.73. The lowest BCUT2D eigenvalue weighted by molar-refractivity contribution is -0.124. The molecule has 0 amide bonds. The first-order valence-corrected chi connectivity index (χ1v) is 8.63. The average molecular weight is 316 g/mol. The van der Waals surface area contributed by atoms with Gasteiger partial charge in [-0.15, -0.1) is 0 Å². The molecule has 0 saturated heterocycles. The Labute approximate surface area is 138 Å². The monoisotopic (exact) mass is 316 g/mol. The van der Waals surface area contributed by atoms with Crippen LogP contribution >= 0.6 is 0 Å². The third-order valence-corrected chi connectivity index (χ3v) is 6.44. The molecule has 0 aromatic heterocycles. The average Bonchev–Trinajstić information content (AvgIpc) is 2.49. The molecule has 1 aromatic rings. The van der Waals surface area contributed by atoms with Gasteiger partial charge in [0.2, 0.25) is 0 Å². The van der Waals surface area contributed by atoms with Crippen molar-refractivity contribution in [3.8, 4) is 0 Å². The smallest absolute Gasteiger partial charge is 0.126 e. The van der Waals surface area contributed by atoms with Crippen molar-refractivity contribution in [2.45, 2.75) is 70.5 Å². The Morgan fingerprint density at radius 2 is 1.96 bits per heavy atom. The van der Waals surface area contributed by atoms with Gasteiger partial charge in [0, 0.05) is 5.41 Å². The molecule has 3 heteroatoms. The molecule has 0 radical (unpaired) electrons. The van der Waals surface area contributed by atoms with E-state index in [4.69, 9.17) is 0 Å². The van der Waals surface area contributed by atoms with E-state index in [9.17, 15) is 15.0 Å². The molecule has 1 aromatic carbocycles. The van der Waals surface area contributed by atoms with E-state index in [2.05, 4.69) is 13.0 Å². The van der Waals surface area contributed by atoms with Crippen LogP contribution in [0.4, 0.5) is 0 Å². The van der Waals surface area contributed by atoms with E-state index < -0.39 is 11.7 Å². The zero-order valence-corrected chi connectivity index (χ0v) is 14.6. The van der Waals surface area contributed by atoms with Gasteiger partial charge in [-0.05, 0) is 61.1 Å². The minimum atomic E-state index is -0.920. The maximum Gasteiger partial charge on any atom is 0.126 e. The first-order valence-electron chi connectivity index (χ1n) is 8.63. The lowest BCUT2D eigenvalue weighted by Gasteiger charge is -2.54. The number of hydrogen-bond donors (Lipinski definition) is 2. The summed E-state index contributed by atoms with van der Waals surface area (Å²) in [6.07, 6.45) is 4.14. The van der Waals surface area contributed by atoms with Gasteiger partial charge in [0.25, 0.3) is 0 Å². The summed E-state index contributed by atoms with van der Waals surface area (Å²) in [6, 6.07) is 5.98. The van der Waals surface area contributed by atoms with Gasteiger partial charge in [-0.2, -0.15) is 0 Å². The number of hydrogen-bond acceptors (Lipinski definition) is 3. The molecule has 1 fully saturated rings. The number of aldehydes is 1. The number of aliphatic hydroxyl groups excluding tert-OH is 1. The Morgan fingerprint density at radius 3 is 2.57 bits per heavy atom. The topological polar surface area (TPSA) is 57.5 Å². The minimum absolute atomic E-state index is 0.0827. The molecule has 2 aliphatic rings. The van der Waals surface area contributed by atoms with Crippen molar-refractivity contribution in [3.63, 3.8) is 0 Å². The summed E-state index contributed by atoms with van der Waals surface area (Å²) < 4.78 is 0. The van der Waals surface area contributed by atoms with Crippen LogP contribution in [0.3, 0.4) is 0 Å². The molecule has 2 N–H and O–H groups in total. The van der Waals surface area contributed by atoms with Crippen molar-refractivity contribution in [1.82, 2.24) is 0 Å². The summed E-state index contributed by atoms with van der Waals surface area (Å²) in [4.78, 5) is 11.8. The van der Waals surface area contributed by atoms with Crippen LogP contribution in [0, 0.1) is 11.3 Å². The van der Waals surface area contributed by atoms with Gasteiger partial charge in [0.1, 0.15) is 6.29 Å². The Hall–Kier alpha value is -1.19. The van der Waals surface area contributed by atoms with E-state index in [1.807, 2.05) is 19.1 Å². The van der Waals surface area contributed by atoms with Gasteiger partial charge in [0.05, 0.1) is 11.7 Å². The van der Waals surface area contributed by atoms with Gasteiger partial charge in [-0.25, -0.2) is 0 Å². The lowest BCUT2D eigenvalue weighted by atomic mass is 9.49. The van der Waals surface area contributed by atoms with Crippen LogP contribution in [-0.2, 0) is 15.8 Å². The molecule has 3 nitrogen and oxygen atoms in total. The molecule has 4 atom stereocenters. The van der Waals surface area contributed by atoms with E-state index in [1.165, 1.54) is 0 Å². The van der Waals surface area contributed by atoms with Crippen LogP contribution in [-0.4, -0.2) is 16.5 Å². The van der Waals surface area contributed by atoms with Gasteiger partial charge < -0.3 is 15.0 Å². The van der Waals surface area contributed by atoms with Gasteiger partial charge in [-0.3, -0.25) is 0 Å². The highest BCUT2D eigenvalue weighted by Gasteiger charge is 2.53. The Morgan fingerprint density at radius 1 is 1.26 bits per heavy atom. The second-order valence-corrected chi connectivity index (χ2v) is 8.56. The van der Waals surface area contributed by atoms with Crippen LogP contribution in [0.15, 0.2) is 18.2 Å². The van der Waals surface area contributed by atoms with Crippen LogP contribution in [0.25, 0.3) is 0 Å². The lowest BCUT2D eigenvalue weighted by Crippen LogP contribution is -2.50. The van der Waals surface area contributed by atoms with Crippen LogP contribution in [0.5, 0.6) is 0 Å². The molecule has 1 saturated carbocycles. The summed E-state index contributed by atoms with van der Waals surface area (Å²) in [5, 5.41) is 21.0. The summed E-state index contributed by atoms with van der Waals surface area (Å²) >= 11 is 0. The molecule has 0 spiro atoms. The van der Waals surface area contributed by atoms with Crippen LogP contribution in [0.2, 0.25) is 0 Å². The van der Waals surface area contributed by atoms with Crippen molar-refractivity contribution < 1.29 is 15.0 Å². The third kappa shape index (κ3) is 2.45. The van der Waals surface area contributed by atoms with Crippen molar-refractivity contribution in [2.75, 3.05) is 0 Å². The van der Waals surface area contributed by atoms with Gasteiger partial charge in [-0.1, -0.05) is 38.5 Å².